The van der Waals surface area contributed by atoms with Crippen LogP contribution in [0.3, 0.4) is 0 Å². The zero-order valence-electron chi connectivity index (χ0n) is 10.6. The molecule has 1 aliphatic rings. The molecule has 1 heteroatoms. The van der Waals surface area contributed by atoms with Crippen molar-refractivity contribution in [3.8, 4) is 0 Å². The highest BCUT2D eigenvalue weighted by Gasteiger charge is 2.40. The fourth-order valence-corrected chi connectivity index (χ4v) is 2.59. The Hall–Kier alpha value is -0.0400. The molecule has 0 radical (unpaired) electrons. The lowest BCUT2D eigenvalue weighted by Gasteiger charge is -2.48. The largest absolute Gasteiger partial charge is 0.312 e. The molecule has 0 aliphatic heterocycles. The average Bonchev–Trinajstić information content (AvgIpc) is 2.01. The van der Waals surface area contributed by atoms with Gasteiger partial charge in [-0.2, -0.15) is 0 Å². The van der Waals surface area contributed by atoms with Gasteiger partial charge in [0.05, 0.1) is 0 Å². The summed E-state index contributed by atoms with van der Waals surface area (Å²) in [5.74, 6) is 0.939. The van der Waals surface area contributed by atoms with Crippen LogP contribution in [-0.2, 0) is 0 Å². The van der Waals surface area contributed by atoms with Gasteiger partial charge in [0.1, 0.15) is 0 Å². The van der Waals surface area contributed by atoms with Gasteiger partial charge in [-0.05, 0) is 51.5 Å². The maximum Gasteiger partial charge on any atom is 0.00966 e. The molecular formula is C13H27N. The van der Waals surface area contributed by atoms with E-state index in [4.69, 9.17) is 0 Å². The first-order valence-corrected chi connectivity index (χ1v) is 6.16. The highest BCUT2D eigenvalue weighted by Crippen LogP contribution is 2.50. The van der Waals surface area contributed by atoms with Gasteiger partial charge in [-0.15, -0.1) is 0 Å². The molecule has 84 valence electrons. The van der Waals surface area contributed by atoms with E-state index in [-0.39, 0.29) is 5.54 Å². The second kappa shape index (κ2) is 4.22. The highest BCUT2D eigenvalue weighted by molar-refractivity contribution is 4.93. The van der Waals surface area contributed by atoms with E-state index in [1.54, 1.807) is 0 Å². The van der Waals surface area contributed by atoms with Gasteiger partial charge < -0.3 is 5.32 Å². The molecule has 0 aromatic carbocycles. The van der Waals surface area contributed by atoms with Crippen molar-refractivity contribution in [3.63, 3.8) is 0 Å². The molecule has 1 saturated carbocycles. The first-order chi connectivity index (χ1) is 6.41. The van der Waals surface area contributed by atoms with Crippen LogP contribution in [0.15, 0.2) is 0 Å². The summed E-state index contributed by atoms with van der Waals surface area (Å²) in [7, 11) is 0. The number of hydrogen-bond donors (Lipinski definition) is 1. The van der Waals surface area contributed by atoms with Crippen molar-refractivity contribution in [3.05, 3.63) is 0 Å². The van der Waals surface area contributed by atoms with Crippen LogP contribution in [0.4, 0.5) is 0 Å². The van der Waals surface area contributed by atoms with E-state index in [0.717, 1.165) is 5.92 Å². The molecule has 14 heavy (non-hydrogen) atoms. The third-order valence-electron chi connectivity index (χ3n) is 3.86. The summed E-state index contributed by atoms with van der Waals surface area (Å²) in [5.41, 5.74) is 1.00. The Bertz CT molecular complexity index is 166. The van der Waals surface area contributed by atoms with Gasteiger partial charge in [0.25, 0.3) is 0 Å². The Morgan fingerprint density at radius 2 is 1.64 bits per heavy atom. The molecule has 1 N–H and O–H groups in total. The lowest BCUT2D eigenvalue weighted by molar-refractivity contribution is 0.0421. The molecule has 0 aromatic heterocycles. The standard InChI is InChI=1S/C13H27N/c1-6-13(7-2)8-11(9-13)10-14-12(3,4)5/h11,14H,6-10H2,1-5H3. The average molecular weight is 197 g/mol. The minimum atomic E-state index is 0.288. The van der Waals surface area contributed by atoms with E-state index in [1.807, 2.05) is 0 Å². The summed E-state index contributed by atoms with van der Waals surface area (Å²) in [6.45, 7) is 12.6. The predicted octanol–water partition coefficient (Wildman–Crippen LogP) is 3.59. The monoisotopic (exact) mass is 197 g/mol. The molecule has 0 aromatic rings. The molecule has 0 amide bonds. The number of nitrogens with one attached hydrogen (secondary N) is 1. The molecule has 0 bridgehead atoms. The third kappa shape index (κ3) is 2.98. The maximum absolute atomic E-state index is 3.61. The molecule has 1 aliphatic carbocycles. The minimum Gasteiger partial charge on any atom is -0.312 e. The van der Waals surface area contributed by atoms with Gasteiger partial charge in [-0.25, -0.2) is 0 Å². The van der Waals surface area contributed by atoms with Gasteiger partial charge >= 0.3 is 0 Å². The maximum atomic E-state index is 3.61. The van der Waals surface area contributed by atoms with E-state index in [2.05, 4.69) is 39.9 Å². The van der Waals surface area contributed by atoms with Crippen LogP contribution in [0.25, 0.3) is 0 Å². The van der Waals surface area contributed by atoms with E-state index >= 15 is 0 Å². The van der Waals surface area contributed by atoms with Crippen molar-refractivity contribution >= 4 is 0 Å². The molecule has 0 atom stereocenters. The van der Waals surface area contributed by atoms with Crippen LogP contribution in [0.1, 0.15) is 60.3 Å². The minimum absolute atomic E-state index is 0.288. The van der Waals surface area contributed by atoms with Gasteiger partial charge in [0, 0.05) is 5.54 Å². The van der Waals surface area contributed by atoms with E-state index in [0.29, 0.717) is 5.41 Å². The van der Waals surface area contributed by atoms with Crippen LogP contribution >= 0.6 is 0 Å². The Kier molecular flexibility index (Phi) is 3.63. The number of hydrogen-bond acceptors (Lipinski definition) is 1. The second-order valence-electron chi connectivity index (χ2n) is 6.11. The smallest absolute Gasteiger partial charge is 0.00966 e. The first-order valence-electron chi connectivity index (χ1n) is 6.16. The zero-order chi connectivity index (χ0) is 10.8. The third-order valence-corrected chi connectivity index (χ3v) is 3.86. The summed E-state index contributed by atoms with van der Waals surface area (Å²) in [6.07, 6.45) is 5.64. The van der Waals surface area contributed by atoms with Crippen molar-refractivity contribution in [2.75, 3.05) is 6.54 Å². The Balaban J connectivity index is 2.21. The van der Waals surface area contributed by atoms with Crippen LogP contribution in [0, 0.1) is 11.3 Å². The SMILES string of the molecule is CCC1(CC)CC(CNC(C)(C)C)C1. The summed E-state index contributed by atoms with van der Waals surface area (Å²) < 4.78 is 0. The second-order valence-corrected chi connectivity index (χ2v) is 6.11. The summed E-state index contributed by atoms with van der Waals surface area (Å²) in [6, 6.07) is 0. The molecule has 1 fully saturated rings. The van der Waals surface area contributed by atoms with Gasteiger partial charge in [-0.3, -0.25) is 0 Å². The van der Waals surface area contributed by atoms with E-state index in [9.17, 15) is 0 Å². The van der Waals surface area contributed by atoms with Gasteiger partial charge in [0.2, 0.25) is 0 Å². The molecule has 0 spiro atoms. The van der Waals surface area contributed by atoms with Crippen LogP contribution in [0.2, 0.25) is 0 Å². The lowest BCUT2D eigenvalue weighted by atomic mass is 9.59. The fourth-order valence-electron chi connectivity index (χ4n) is 2.59. The van der Waals surface area contributed by atoms with Crippen molar-refractivity contribution in [2.45, 2.75) is 65.8 Å². The predicted molar refractivity (Wildman–Crippen MR) is 63.5 cm³/mol. The van der Waals surface area contributed by atoms with Crippen LogP contribution < -0.4 is 5.32 Å². The number of rotatable bonds is 4. The van der Waals surface area contributed by atoms with Crippen molar-refractivity contribution < 1.29 is 0 Å². The van der Waals surface area contributed by atoms with Crippen LogP contribution in [0.5, 0.6) is 0 Å². The molecule has 0 saturated heterocycles. The summed E-state index contributed by atoms with van der Waals surface area (Å²) in [5, 5.41) is 3.61. The van der Waals surface area contributed by atoms with Crippen molar-refractivity contribution in [2.24, 2.45) is 11.3 Å². The first kappa shape index (κ1) is 12.0. The topological polar surface area (TPSA) is 12.0 Å². The zero-order valence-corrected chi connectivity index (χ0v) is 10.6. The Labute approximate surface area is 89.7 Å². The molecule has 1 nitrogen and oxygen atoms in total. The molecule has 1 rings (SSSR count). The van der Waals surface area contributed by atoms with Crippen LogP contribution in [-0.4, -0.2) is 12.1 Å². The van der Waals surface area contributed by atoms with E-state index in [1.165, 1.54) is 32.2 Å². The Morgan fingerprint density at radius 3 is 2.00 bits per heavy atom. The molecular weight excluding hydrogens is 170 g/mol. The summed E-state index contributed by atoms with van der Waals surface area (Å²) in [4.78, 5) is 0. The molecule has 0 unspecified atom stereocenters. The fraction of sp³-hybridized carbons (Fsp3) is 1.00. The van der Waals surface area contributed by atoms with E-state index < -0.39 is 0 Å². The van der Waals surface area contributed by atoms with Crippen molar-refractivity contribution in [1.82, 2.24) is 5.32 Å². The van der Waals surface area contributed by atoms with Gasteiger partial charge in [0.15, 0.2) is 0 Å². The van der Waals surface area contributed by atoms with Gasteiger partial charge in [-0.1, -0.05) is 26.7 Å². The normalized spacial score (nSPS) is 22.1. The highest BCUT2D eigenvalue weighted by atomic mass is 14.9. The molecule has 0 heterocycles. The van der Waals surface area contributed by atoms with Crippen molar-refractivity contribution in [1.29, 1.82) is 0 Å². The Morgan fingerprint density at radius 1 is 1.14 bits per heavy atom. The quantitative estimate of drug-likeness (QED) is 0.726. The summed E-state index contributed by atoms with van der Waals surface area (Å²) >= 11 is 0. The lowest BCUT2D eigenvalue weighted by Crippen LogP contribution is -2.46.